The molecular weight excluding hydrogens is 395 g/mol. The number of carbonyl (C=O) groups is 2. The number of nitrogens with one attached hydrogen (secondary N) is 1. The molecule has 7 nitrogen and oxygen atoms in total. The van der Waals surface area contributed by atoms with Gasteiger partial charge in [0.15, 0.2) is 10.8 Å². The van der Waals surface area contributed by atoms with E-state index in [9.17, 15) is 9.59 Å². The molecule has 0 bridgehead atoms. The molecule has 2 aromatic heterocycles. The number of rotatable bonds is 3. The van der Waals surface area contributed by atoms with Crippen molar-refractivity contribution in [2.24, 2.45) is 5.41 Å². The molecule has 9 heteroatoms. The van der Waals surface area contributed by atoms with Gasteiger partial charge >= 0.3 is 5.97 Å². The fourth-order valence-corrected chi connectivity index (χ4v) is 3.07. The Morgan fingerprint density at radius 2 is 2.10 bits per heavy atom. The Labute approximate surface area is 132 Å². The lowest BCUT2D eigenvalue weighted by molar-refractivity contribution is -0.137. The van der Waals surface area contributed by atoms with Gasteiger partial charge in [0.2, 0.25) is 5.91 Å². The molecule has 2 aromatic rings. The van der Waals surface area contributed by atoms with E-state index in [0.717, 1.165) is 4.70 Å². The number of aliphatic carboxylic acids is 1. The van der Waals surface area contributed by atoms with Gasteiger partial charge in [-0.1, -0.05) is 32.1 Å². The first-order valence-electron chi connectivity index (χ1n) is 5.74. The summed E-state index contributed by atoms with van der Waals surface area (Å²) in [6.07, 6.45) is 0. The maximum Gasteiger partial charge on any atom is 0.325 e. The molecule has 1 amide bonds. The van der Waals surface area contributed by atoms with E-state index >= 15 is 0 Å². The zero-order chi connectivity index (χ0) is 15.1. The van der Waals surface area contributed by atoms with E-state index in [4.69, 9.17) is 5.11 Å². The first-order chi connectivity index (χ1) is 9.18. The Morgan fingerprint density at radius 3 is 2.65 bits per heavy atom. The summed E-state index contributed by atoms with van der Waals surface area (Å²) in [5, 5.41) is 16.1. The molecule has 0 aliphatic rings. The summed E-state index contributed by atoms with van der Waals surface area (Å²) in [6, 6.07) is 0. The van der Waals surface area contributed by atoms with Gasteiger partial charge in [-0.25, -0.2) is 4.68 Å². The number of fused-ring (bicyclic) bond motifs is 1. The molecular formula is C11H13IN4O3S. The van der Waals surface area contributed by atoms with Crippen LogP contribution in [0.3, 0.4) is 0 Å². The van der Waals surface area contributed by atoms with E-state index in [1.54, 1.807) is 0 Å². The van der Waals surface area contributed by atoms with Crippen LogP contribution in [0.25, 0.3) is 10.3 Å². The number of carboxylic acid groups (broad SMARTS) is 1. The molecule has 2 heterocycles. The van der Waals surface area contributed by atoms with Crippen molar-refractivity contribution in [1.82, 2.24) is 14.8 Å². The minimum Gasteiger partial charge on any atom is -0.480 e. The van der Waals surface area contributed by atoms with Crippen LogP contribution in [0.2, 0.25) is 0 Å². The highest BCUT2D eigenvalue weighted by Crippen LogP contribution is 2.30. The first-order valence-corrected chi connectivity index (χ1v) is 7.64. The van der Waals surface area contributed by atoms with Crippen LogP contribution in [0.5, 0.6) is 0 Å². The minimum atomic E-state index is -0.987. The van der Waals surface area contributed by atoms with Gasteiger partial charge in [-0.05, 0) is 22.6 Å². The van der Waals surface area contributed by atoms with E-state index in [1.807, 2.05) is 43.4 Å². The average Bonchev–Trinajstić information content (AvgIpc) is 2.79. The van der Waals surface area contributed by atoms with Crippen molar-refractivity contribution in [1.29, 1.82) is 0 Å². The highest BCUT2D eigenvalue weighted by molar-refractivity contribution is 14.1. The largest absolute Gasteiger partial charge is 0.480 e. The van der Waals surface area contributed by atoms with Gasteiger partial charge in [0.1, 0.15) is 14.9 Å². The van der Waals surface area contributed by atoms with Gasteiger partial charge < -0.3 is 10.4 Å². The second-order valence-electron chi connectivity index (χ2n) is 5.22. The Bertz CT molecular complexity index is 686. The molecule has 0 saturated carbocycles. The predicted molar refractivity (Wildman–Crippen MR) is 83.8 cm³/mol. The monoisotopic (exact) mass is 408 g/mol. The number of nitrogens with zero attached hydrogens (tertiary/aromatic N) is 3. The van der Waals surface area contributed by atoms with Crippen molar-refractivity contribution < 1.29 is 14.7 Å². The smallest absolute Gasteiger partial charge is 0.325 e. The summed E-state index contributed by atoms with van der Waals surface area (Å²) in [6.45, 7) is 5.18. The van der Waals surface area contributed by atoms with Crippen molar-refractivity contribution in [3.63, 3.8) is 0 Å². The summed E-state index contributed by atoms with van der Waals surface area (Å²) in [7, 11) is 0. The first kappa shape index (κ1) is 15.2. The standard InChI is InChI=1S/C11H13IN4O3S/c1-11(2,3)9(19)14-10-13-8-6(20-10)7(12)15-16(8)4-5(17)18/h4H2,1-3H3,(H,17,18)(H,13,14,19). The third-order valence-electron chi connectivity index (χ3n) is 2.44. The predicted octanol–water partition coefficient (Wildman–Crippen LogP) is 2.17. The Balaban J connectivity index is 2.34. The summed E-state index contributed by atoms with van der Waals surface area (Å²) in [5.41, 5.74) is -0.0380. The highest BCUT2D eigenvalue weighted by Gasteiger charge is 2.23. The van der Waals surface area contributed by atoms with Crippen LogP contribution >= 0.6 is 33.9 Å². The number of anilines is 1. The van der Waals surface area contributed by atoms with E-state index < -0.39 is 11.4 Å². The maximum atomic E-state index is 11.9. The molecule has 0 aliphatic carbocycles. The van der Waals surface area contributed by atoms with Crippen molar-refractivity contribution in [3.05, 3.63) is 3.70 Å². The zero-order valence-electron chi connectivity index (χ0n) is 11.1. The van der Waals surface area contributed by atoms with E-state index in [1.165, 1.54) is 16.0 Å². The second-order valence-corrected chi connectivity index (χ2v) is 7.24. The molecule has 0 aliphatic heterocycles. The lowest BCUT2D eigenvalue weighted by Crippen LogP contribution is -2.27. The van der Waals surface area contributed by atoms with Gasteiger partial charge in [0, 0.05) is 5.41 Å². The number of hydrogen-bond acceptors (Lipinski definition) is 5. The lowest BCUT2D eigenvalue weighted by Gasteiger charge is -2.15. The molecule has 0 aromatic carbocycles. The van der Waals surface area contributed by atoms with Crippen LogP contribution in [0.15, 0.2) is 0 Å². The van der Waals surface area contributed by atoms with Crippen LogP contribution in [0.1, 0.15) is 20.8 Å². The Kier molecular flexibility index (Phi) is 4.00. The Morgan fingerprint density at radius 1 is 1.45 bits per heavy atom. The van der Waals surface area contributed by atoms with Crippen molar-refractivity contribution in [2.45, 2.75) is 27.3 Å². The molecule has 0 radical (unpaired) electrons. The molecule has 108 valence electrons. The van der Waals surface area contributed by atoms with Crippen LogP contribution in [-0.4, -0.2) is 31.7 Å². The molecule has 0 spiro atoms. The topological polar surface area (TPSA) is 97.1 Å². The van der Waals surface area contributed by atoms with Crippen molar-refractivity contribution in [3.8, 4) is 0 Å². The fraction of sp³-hybridized carbons (Fsp3) is 0.455. The molecule has 0 atom stereocenters. The average molecular weight is 408 g/mol. The molecule has 0 fully saturated rings. The number of hydrogen-bond donors (Lipinski definition) is 2. The number of thiazole rings is 1. The molecule has 2 rings (SSSR count). The third kappa shape index (κ3) is 3.08. The Hall–Kier alpha value is -1.23. The normalized spacial score (nSPS) is 11.8. The molecule has 2 N–H and O–H groups in total. The van der Waals surface area contributed by atoms with Crippen LogP contribution in [-0.2, 0) is 16.1 Å². The van der Waals surface area contributed by atoms with E-state index in [0.29, 0.717) is 14.5 Å². The van der Waals surface area contributed by atoms with Gasteiger partial charge in [0.25, 0.3) is 0 Å². The van der Waals surface area contributed by atoms with Gasteiger partial charge in [-0.15, -0.1) is 0 Å². The number of halogens is 1. The van der Waals surface area contributed by atoms with Gasteiger partial charge in [-0.2, -0.15) is 10.1 Å². The SMILES string of the molecule is CC(C)(C)C(=O)Nc1nc2c(s1)c(I)nn2CC(=O)O. The fourth-order valence-electron chi connectivity index (χ4n) is 1.40. The molecule has 0 saturated heterocycles. The number of carboxylic acids is 1. The second kappa shape index (κ2) is 5.28. The maximum absolute atomic E-state index is 11.9. The number of carbonyl (C=O) groups excluding carboxylic acids is 1. The highest BCUT2D eigenvalue weighted by atomic mass is 127. The van der Waals surface area contributed by atoms with E-state index in [-0.39, 0.29) is 12.5 Å². The molecule has 0 unspecified atom stereocenters. The number of amides is 1. The van der Waals surface area contributed by atoms with Crippen LogP contribution in [0.4, 0.5) is 5.13 Å². The third-order valence-corrected chi connectivity index (χ3v) is 4.52. The quantitative estimate of drug-likeness (QED) is 0.759. The summed E-state index contributed by atoms with van der Waals surface area (Å²) >= 11 is 3.31. The van der Waals surface area contributed by atoms with Crippen molar-refractivity contribution in [2.75, 3.05) is 5.32 Å². The zero-order valence-corrected chi connectivity index (χ0v) is 14.1. The summed E-state index contributed by atoms with van der Waals surface area (Å²) < 4.78 is 2.77. The summed E-state index contributed by atoms with van der Waals surface area (Å²) in [4.78, 5) is 27.0. The van der Waals surface area contributed by atoms with Crippen LogP contribution in [0, 0.1) is 9.12 Å². The van der Waals surface area contributed by atoms with Crippen molar-refractivity contribution >= 4 is 61.3 Å². The van der Waals surface area contributed by atoms with Crippen LogP contribution < -0.4 is 5.32 Å². The lowest BCUT2D eigenvalue weighted by atomic mass is 9.96. The van der Waals surface area contributed by atoms with E-state index in [2.05, 4.69) is 15.4 Å². The number of aromatic nitrogens is 3. The minimum absolute atomic E-state index is 0.137. The van der Waals surface area contributed by atoms with Gasteiger partial charge in [0.05, 0.1) is 0 Å². The van der Waals surface area contributed by atoms with Gasteiger partial charge in [-0.3, -0.25) is 9.59 Å². The molecule has 20 heavy (non-hydrogen) atoms. The summed E-state index contributed by atoms with van der Waals surface area (Å²) in [5.74, 6) is -1.12.